The number of quaternary nitrogens is 1. The van der Waals surface area contributed by atoms with Crippen molar-refractivity contribution in [2.75, 3.05) is 13.6 Å². The standard InChI is InChI=1S/C6H13N/c1-5-7(4)6(2)3/h2,5H2,1,3-4H3/p+1. The molecule has 1 unspecified atom stereocenters. The molecule has 0 amide bonds. The highest BCUT2D eigenvalue weighted by atomic mass is 15.1. The van der Waals surface area contributed by atoms with Crippen molar-refractivity contribution in [2.45, 2.75) is 13.8 Å². The van der Waals surface area contributed by atoms with Gasteiger partial charge in [0.2, 0.25) is 0 Å². The Morgan fingerprint density at radius 2 is 2.14 bits per heavy atom. The van der Waals surface area contributed by atoms with Crippen LogP contribution in [0, 0.1) is 0 Å². The lowest BCUT2D eigenvalue weighted by Gasteiger charge is -2.07. The molecule has 0 saturated heterocycles. The Bertz CT molecular complexity index is 66.6. The fourth-order valence-electron chi connectivity index (χ4n) is 0.302. The monoisotopic (exact) mass is 100 g/mol. The summed E-state index contributed by atoms with van der Waals surface area (Å²) in [4.78, 5) is 1.40. The second kappa shape index (κ2) is 2.80. The summed E-state index contributed by atoms with van der Waals surface area (Å²) in [5, 5.41) is 0. The lowest BCUT2D eigenvalue weighted by Crippen LogP contribution is -3.06. The molecule has 0 bridgehead atoms. The number of allylic oxidation sites excluding steroid dienone is 1. The second-order valence-corrected chi connectivity index (χ2v) is 1.91. The van der Waals surface area contributed by atoms with Crippen molar-refractivity contribution in [3.63, 3.8) is 0 Å². The van der Waals surface area contributed by atoms with E-state index in [1.165, 1.54) is 10.6 Å². The first kappa shape index (κ1) is 6.70. The Balaban J connectivity index is 3.34. The molecule has 1 heteroatoms. The summed E-state index contributed by atoms with van der Waals surface area (Å²) >= 11 is 0. The van der Waals surface area contributed by atoms with Crippen LogP contribution in [0.3, 0.4) is 0 Å². The maximum Gasteiger partial charge on any atom is 0.0965 e. The van der Waals surface area contributed by atoms with Crippen molar-refractivity contribution in [1.29, 1.82) is 0 Å². The third kappa shape index (κ3) is 2.40. The fraction of sp³-hybridized carbons (Fsp3) is 0.667. The van der Waals surface area contributed by atoms with Gasteiger partial charge in [0.05, 0.1) is 19.3 Å². The molecular weight excluding hydrogens is 86.1 g/mol. The van der Waals surface area contributed by atoms with Gasteiger partial charge in [0.15, 0.2) is 0 Å². The maximum absolute atomic E-state index is 3.79. The van der Waals surface area contributed by atoms with Gasteiger partial charge >= 0.3 is 0 Å². The van der Waals surface area contributed by atoms with E-state index < -0.39 is 0 Å². The van der Waals surface area contributed by atoms with Gasteiger partial charge in [-0.3, -0.25) is 0 Å². The van der Waals surface area contributed by atoms with E-state index in [9.17, 15) is 0 Å². The van der Waals surface area contributed by atoms with Crippen molar-refractivity contribution in [3.8, 4) is 0 Å². The molecular formula is C6H14N+. The van der Waals surface area contributed by atoms with Crippen LogP contribution in [0.25, 0.3) is 0 Å². The van der Waals surface area contributed by atoms with Crippen LogP contribution in [0.5, 0.6) is 0 Å². The summed E-state index contributed by atoms with van der Waals surface area (Å²) < 4.78 is 0. The Morgan fingerprint density at radius 1 is 1.71 bits per heavy atom. The Morgan fingerprint density at radius 3 is 2.14 bits per heavy atom. The van der Waals surface area contributed by atoms with E-state index in [0.717, 1.165) is 6.54 Å². The second-order valence-electron chi connectivity index (χ2n) is 1.91. The molecule has 0 aliphatic carbocycles. The van der Waals surface area contributed by atoms with Gasteiger partial charge in [-0.15, -0.1) is 0 Å². The van der Waals surface area contributed by atoms with E-state index in [-0.39, 0.29) is 0 Å². The SMILES string of the molecule is C=C(C)[NH+](C)CC. The van der Waals surface area contributed by atoms with E-state index in [4.69, 9.17) is 0 Å². The summed E-state index contributed by atoms with van der Waals surface area (Å²) in [5.41, 5.74) is 1.21. The van der Waals surface area contributed by atoms with Crippen LogP contribution in [0.15, 0.2) is 12.3 Å². The lowest BCUT2D eigenvalue weighted by atomic mass is 10.5. The molecule has 0 aromatic carbocycles. The highest BCUT2D eigenvalue weighted by molar-refractivity contribution is 4.69. The largest absolute Gasteiger partial charge is 0.309 e. The van der Waals surface area contributed by atoms with E-state index in [2.05, 4.69) is 20.6 Å². The minimum absolute atomic E-state index is 1.13. The molecule has 1 atom stereocenters. The average Bonchev–Trinajstić information content (AvgIpc) is 1.65. The van der Waals surface area contributed by atoms with Gasteiger partial charge < -0.3 is 4.90 Å². The summed E-state index contributed by atoms with van der Waals surface area (Å²) in [6, 6.07) is 0. The molecule has 0 aliphatic heterocycles. The third-order valence-electron chi connectivity index (χ3n) is 1.26. The first-order valence-corrected chi connectivity index (χ1v) is 2.66. The predicted octanol–water partition coefficient (Wildman–Crippen LogP) is 0.0546. The summed E-state index contributed by atoms with van der Waals surface area (Å²) in [6.45, 7) is 9.11. The lowest BCUT2D eigenvalue weighted by molar-refractivity contribution is -0.836. The predicted molar refractivity (Wildman–Crippen MR) is 32.2 cm³/mol. The fourth-order valence-corrected chi connectivity index (χ4v) is 0.302. The molecule has 1 N–H and O–H groups in total. The smallest absolute Gasteiger partial charge is 0.0965 e. The van der Waals surface area contributed by atoms with Crippen LogP contribution in [-0.2, 0) is 0 Å². The van der Waals surface area contributed by atoms with Gasteiger partial charge in [-0.05, 0) is 13.5 Å². The zero-order valence-corrected chi connectivity index (χ0v) is 5.41. The van der Waals surface area contributed by atoms with Crippen LogP contribution in [-0.4, -0.2) is 13.6 Å². The van der Waals surface area contributed by atoms with Crippen molar-refractivity contribution in [3.05, 3.63) is 12.3 Å². The van der Waals surface area contributed by atoms with Crippen LogP contribution >= 0.6 is 0 Å². The molecule has 0 aromatic rings. The van der Waals surface area contributed by atoms with E-state index >= 15 is 0 Å². The molecule has 0 heterocycles. The molecule has 0 aliphatic rings. The van der Waals surface area contributed by atoms with Gasteiger partial charge in [0, 0.05) is 6.92 Å². The Labute approximate surface area is 45.6 Å². The Hall–Kier alpha value is -0.300. The molecule has 0 spiro atoms. The molecule has 1 nitrogen and oxygen atoms in total. The molecule has 7 heavy (non-hydrogen) atoms. The molecule has 0 rings (SSSR count). The summed E-state index contributed by atoms with van der Waals surface area (Å²) in [7, 11) is 2.11. The minimum Gasteiger partial charge on any atom is -0.309 e. The number of rotatable bonds is 2. The zero-order chi connectivity index (χ0) is 5.86. The zero-order valence-electron chi connectivity index (χ0n) is 5.41. The molecule has 42 valence electrons. The van der Waals surface area contributed by atoms with Gasteiger partial charge in [-0.25, -0.2) is 0 Å². The van der Waals surface area contributed by atoms with Crippen LogP contribution in [0.1, 0.15) is 13.8 Å². The first-order valence-electron chi connectivity index (χ1n) is 2.66. The summed E-state index contributed by atoms with van der Waals surface area (Å²) in [5.74, 6) is 0. The first-order chi connectivity index (χ1) is 3.18. The third-order valence-corrected chi connectivity index (χ3v) is 1.26. The van der Waals surface area contributed by atoms with Crippen LogP contribution in [0.2, 0.25) is 0 Å². The van der Waals surface area contributed by atoms with Crippen molar-refractivity contribution >= 4 is 0 Å². The van der Waals surface area contributed by atoms with Gasteiger partial charge in [-0.2, -0.15) is 0 Å². The van der Waals surface area contributed by atoms with E-state index in [1.54, 1.807) is 0 Å². The normalized spacial score (nSPS) is 13.6. The van der Waals surface area contributed by atoms with Crippen LogP contribution in [0.4, 0.5) is 0 Å². The van der Waals surface area contributed by atoms with Crippen LogP contribution < -0.4 is 4.90 Å². The topological polar surface area (TPSA) is 4.44 Å². The number of nitrogens with one attached hydrogen (secondary N) is 1. The van der Waals surface area contributed by atoms with Crippen molar-refractivity contribution in [1.82, 2.24) is 0 Å². The quantitative estimate of drug-likeness (QED) is 0.500. The highest BCUT2D eigenvalue weighted by Gasteiger charge is 1.93. The van der Waals surface area contributed by atoms with Gasteiger partial charge in [-0.1, -0.05) is 0 Å². The van der Waals surface area contributed by atoms with Gasteiger partial charge in [0.1, 0.15) is 0 Å². The summed E-state index contributed by atoms with van der Waals surface area (Å²) in [6.07, 6.45) is 0. The van der Waals surface area contributed by atoms with Crippen molar-refractivity contribution < 1.29 is 4.90 Å². The molecule has 0 saturated carbocycles. The van der Waals surface area contributed by atoms with Crippen molar-refractivity contribution in [2.24, 2.45) is 0 Å². The Kier molecular flexibility index (Phi) is 2.68. The highest BCUT2D eigenvalue weighted by Crippen LogP contribution is 1.63. The van der Waals surface area contributed by atoms with E-state index in [1.807, 2.05) is 6.92 Å². The van der Waals surface area contributed by atoms with E-state index in [0.29, 0.717) is 0 Å². The number of hydrogen-bond acceptors (Lipinski definition) is 0. The van der Waals surface area contributed by atoms with Gasteiger partial charge in [0.25, 0.3) is 0 Å². The molecule has 0 radical (unpaired) electrons. The average molecular weight is 100 g/mol. The number of hydrogen-bond donors (Lipinski definition) is 1. The maximum atomic E-state index is 3.79. The molecule has 0 aromatic heterocycles. The molecule has 0 fully saturated rings. The minimum atomic E-state index is 1.13.